The van der Waals surface area contributed by atoms with Crippen molar-refractivity contribution in [1.29, 1.82) is 0 Å². The number of phenolic OH excluding ortho intramolecular Hbond substituents is 1. The molecule has 0 fully saturated rings. The summed E-state index contributed by atoms with van der Waals surface area (Å²) in [6, 6.07) is 4.70. The number of nitrogens with two attached hydrogens (primary N) is 1. The highest BCUT2D eigenvalue weighted by Gasteiger charge is 1.96. The van der Waals surface area contributed by atoms with E-state index in [0.29, 0.717) is 23.6 Å². The van der Waals surface area contributed by atoms with Gasteiger partial charge in [0.15, 0.2) is 0 Å². The van der Waals surface area contributed by atoms with Crippen molar-refractivity contribution in [3.63, 3.8) is 0 Å². The fraction of sp³-hybridized carbons (Fsp3) is 0.200. The van der Waals surface area contributed by atoms with Crippen LogP contribution in [0, 0.1) is 11.8 Å². The van der Waals surface area contributed by atoms with Crippen LogP contribution in [-0.4, -0.2) is 11.7 Å². The Morgan fingerprint density at radius 3 is 2.85 bits per heavy atom. The summed E-state index contributed by atoms with van der Waals surface area (Å²) in [6.07, 6.45) is 0.650. The number of phenols is 1. The topological polar surface area (TPSA) is 46.2 Å². The molecule has 0 spiro atoms. The molecule has 0 saturated heterocycles. The lowest BCUT2D eigenvalue weighted by Crippen LogP contribution is -1.95. The summed E-state index contributed by atoms with van der Waals surface area (Å²) in [5, 5.41) is 9.52. The number of rotatable bonds is 1. The maximum atomic E-state index is 9.06. The van der Waals surface area contributed by atoms with E-state index in [4.69, 9.17) is 22.4 Å². The highest BCUT2D eigenvalue weighted by atomic mass is 35.5. The second-order valence-corrected chi connectivity index (χ2v) is 2.91. The van der Waals surface area contributed by atoms with Crippen LogP contribution >= 0.6 is 11.6 Å². The molecule has 13 heavy (non-hydrogen) atoms. The molecule has 0 aromatic heterocycles. The molecule has 0 saturated carbocycles. The van der Waals surface area contributed by atoms with Gasteiger partial charge < -0.3 is 10.8 Å². The van der Waals surface area contributed by atoms with E-state index in [0.717, 1.165) is 0 Å². The first kappa shape index (κ1) is 9.91. The van der Waals surface area contributed by atoms with Crippen molar-refractivity contribution in [2.75, 3.05) is 6.54 Å². The summed E-state index contributed by atoms with van der Waals surface area (Å²) in [7, 11) is 0. The smallest absolute Gasteiger partial charge is 0.117 e. The Morgan fingerprint density at radius 2 is 2.23 bits per heavy atom. The highest BCUT2D eigenvalue weighted by Crippen LogP contribution is 2.20. The SMILES string of the molecule is NCCC#Cc1ccc(O)cc1Cl. The number of hydrogen-bond donors (Lipinski definition) is 2. The van der Waals surface area contributed by atoms with Gasteiger partial charge in [0.25, 0.3) is 0 Å². The molecule has 1 aromatic rings. The Balaban J connectivity index is 2.85. The van der Waals surface area contributed by atoms with E-state index in [1.165, 1.54) is 6.07 Å². The zero-order chi connectivity index (χ0) is 9.68. The summed E-state index contributed by atoms with van der Waals surface area (Å²) >= 11 is 5.81. The molecule has 0 unspecified atom stereocenters. The third-order valence-electron chi connectivity index (χ3n) is 1.45. The summed E-state index contributed by atoms with van der Waals surface area (Å²) in [4.78, 5) is 0. The third kappa shape index (κ3) is 2.98. The molecule has 1 aromatic carbocycles. The molecular weight excluding hydrogens is 186 g/mol. The molecule has 0 heterocycles. The summed E-state index contributed by atoms with van der Waals surface area (Å²) in [5.41, 5.74) is 6.00. The molecule has 0 radical (unpaired) electrons. The van der Waals surface area contributed by atoms with Gasteiger partial charge in [-0.15, -0.1) is 0 Å². The van der Waals surface area contributed by atoms with Gasteiger partial charge in [-0.25, -0.2) is 0 Å². The monoisotopic (exact) mass is 195 g/mol. The second kappa shape index (κ2) is 4.76. The minimum Gasteiger partial charge on any atom is -0.508 e. The van der Waals surface area contributed by atoms with Gasteiger partial charge in [-0.1, -0.05) is 23.4 Å². The Bertz CT molecular complexity index is 352. The largest absolute Gasteiger partial charge is 0.508 e. The summed E-state index contributed by atoms with van der Waals surface area (Å²) in [5.74, 6) is 5.89. The number of hydrogen-bond acceptors (Lipinski definition) is 2. The van der Waals surface area contributed by atoms with Crippen molar-refractivity contribution in [2.24, 2.45) is 5.73 Å². The Kier molecular flexibility index (Phi) is 3.63. The molecule has 0 aliphatic carbocycles. The highest BCUT2D eigenvalue weighted by molar-refractivity contribution is 6.31. The molecule has 3 N–H and O–H groups in total. The Hall–Kier alpha value is -1.17. The minimum absolute atomic E-state index is 0.148. The van der Waals surface area contributed by atoms with Gasteiger partial charge in [0.05, 0.1) is 5.02 Å². The van der Waals surface area contributed by atoms with Crippen molar-refractivity contribution in [3.8, 4) is 17.6 Å². The Labute approximate surface area is 82.3 Å². The zero-order valence-electron chi connectivity index (χ0n) is 7.05. The fourth-order valence-corrected chi connectivity index (χ4v) is 1.06. The predicted octanol–water partition coefficient (Wildman–Crippen LogP) is 1.75. The molecule has 0 atom stereocenters. The first-order valence-electron chi connectivity index (χ1n) is 3.91. The van der Waals surface area contributed by atoms with E-state index >= 15 is 0 Å². The van der Waals surface area contributed by atoms with Gasteiger partial charge >= 0.3 is 0 Å². The standard InChI is InChI=1S/C10H10ClNO/c11-10-7-9(13)5-4-8(10)3-1-2-6-12/h4-5,7,13H,2,6,12H2. The van der Waals surface area contributed by atoms with Gasteiger partial charge in [0.2, 0.25) is 0 Å². The van der Waals surface area contributed by atoms with Gasteiger partial charge in [0, 0.05) is 18.5 Å². The van der Waals surface area contributed by atoms with Crippen molar-refractivity contribution in [2.45, 2.75) is 6.42 Å². The number of benzene rings is 1. The molecule has 0 bridgehead atoms. The van der Waals surface area contributed by atoms with Crippen molar-refractivity contribution in [1.82, 2.24) is 0 Å². The van der Waals surface area contributed by atoms with E-state index < -0.39 is 0 Å². The van der Waals surface area contributed by atoms with Gasteiger partial charge in [-0.3, -0.25) is 0 Å². The van der Waals surface area contributed by atoms with E-state index in [1.807, 2.05) is 0 Å². The van der Waals surface area contributed by atoms with Crippen molar-refractivity contribution in [3.05, 3.63) is 28.8 Å². The maximum absolute atomic E-state index is 9.06. The molecule has 3 heteroatoms. The lowest BCUT2D eigenvalue weighted by molar-refractivity contribution is 0.475. The van der Waals surface area contributed by atoms with Gasteiger partial charge in [-0.2, -0.15) is 0 Å². The van der Waals surface area contributed by atoms with Crippen LogP contribution in [0.3, 0.4) is 0 Å². The first-order valence-corrected chi connectivity index (χ1v) is 4.29. The maximum Gasteiger partial charge on any atom is 0.117 e. The van der Waals surface area contributed by atoms with E-state index in [-0.39, 0.29) is 5.75 Å². The third-order valence-corrected chi connectivity index (χ3v) is 1.76. The average Bonchev–Trinajstić information content (AvgIpc) is 2.09. The lowest BCUT2D eigenvalue weighted by atomic mass is 10.2. The van der Waals surface area contributed by atoms with E-state index in [1.54, 1.807) is 12.1 Å². The Morgan fingerprint density at radius 1 is 1.46 bits per heavy atom. The molecular formula is C10H10ClNO. The predicted molar refractivity (Wildman–Crippen MR) is 53.7 cm³/mol. The molecule has 0 amide bonds. The normalized spacial score (nSPS) is 9.08. The van der Waals surface area contributed by atoms with Crippen LogP contribution < -0.4 is 5.73 Å². The van der Waals surface area contributed by atoms with E-state index in [2.05, 4.69) is 11.8 Å². The molecule has 1 rings (SSSR count). The number of aromatic hydroxyl groups is 1. The summed E-state index contributed by atoms with van der Waals surface area (Å²) < 4.78 is 0. The van der Waals surface area contributed by atoms with Crippen LogP contribution in [0.15, 0.2) is 18.2 Å². The van der Waals surface area contributed by atoms with Crippen LogP contribution in [0.1, 0.15) is 12.0 Å². The summed E-state index contributed by atoms with van der Waals surface area (Å²) in [6.45, 7) is 0.544. The molecule has 2 nitrogen and oxygen atoms in total. The van der Waals surface area contributed by atoms with Gasteiger partial charge in [0.1, 0.15) is 5.75 Å². The van der Waals surface area contributed by atoms with E-state index in [9.17, 15) is 0 Å². The van der Waals surface area contributed by atoms with Crippen LogP contribution in [-0.2, 0) is 0 Å². The quantitative estimate of drug-likeness (QED) is 0.671. The lowest BCUT2D eigenvalue weighted by Gasteiger charge is -1.95. The zero-order valence-corrected chi connectivity index (χ0v) is 7.80. The van der Waals surface area contributed by atoms with Crippen LogP contribution in [0.4, 0.5) is 0 Å². The molecule has 68 valence electrons. The molecule has 0 aliphatic heterocycles. The van der Waals surface area contributed by atoms with Crippen LogP contribution in [0.5, 0.6) is 5.75 Å². The first-order chi connectivity index (χ1) is 6.24. The number of halogens is 1. The van der Waals surface area contributed by atoms with Crippen LogP contribution in [0.2, 0.25) is 5.02 Å². The van der Waals surface area contributed by atoms with Gasteiger partial charge in [-0.05, 0) is 18.2 Å². The fourth-order valence-electron chi connectivity index (χ4n) is 0.835. The van der Waals surface area contributed by atoms with Crippen molar-refractivity contribution < 1.29 is 5.11 Å². The second-order valence-electron chi connectivity index (χ2n) is 2.50. The van der Waals surface area contributed by atoms with Crippen molar-refractivity contribution >= 4 is 11.6 Å². The minimum atomic E-state index is 0.148. The van der Waals surface area contributed by atoms with Crippen LogP contribution in [0.25, 0.3) is 0 Å². The molecule has 0 aliphatic rings. The average molecular weight is 196 g/mol.